The molecule has 0 saturated carbocycles. The van der Waals surface area contributed by atoms with Gasteiger partial charge in [-0.25, -0.2) is 4.98 Å². The van der Waals surface area contributed by atoms with Gasteiger partial charge in [0.1, 0.15) is 17.8 Å². The number of fused-ring (bicyclic) bond motifs is 1. The Morgan fingerprint density at radius 1 is 1.52 bits per heavy atom. The molecule has 8 nitrogen and oxygen atoms in total. The number of anilines is 1. The topological polar surface area (TPSA) is 119 Å². The van der Waals surface area contributed by atoms with Gasteiger partial charge in [0.25, 0.3) is 0 Å². The fraction of sp³-hybridized carbons (Fsp3) is 0.417. The number of nitrogen functional groups attached to an aromatic ring is 1. The van der Waals surface area contributed by atoms with Crippen LogP contribution in [0.1, 0.15) is 6.23 Å². The number of hydrogen-bond donors (Lipinski definition) is 3. The molecule has 0 aliphatic carbocycles. The zero-order chi connectivity index (χ0) is 15.1. The van der Waals surface area contributed by atoms with Crippen molar-refractivity contribution in [2.75, 3.05) is 12.3 Å². The lowest BCUT2D eigenvalue weighted by Gasteiger charge is -2.18. The number of halogens is 1. The molecule has 21 heavy (non-hydrogen) atoms. The van der Waals surface area contributed by atoms with Crippen LogP contribution in [0.4, 0.5) is 5.82 Å². The summed E-state index contributed by atoms with van der Waals surface area (Å²) in [6.07, 6.45) is 0.877. The summed E-state index contributed by atoms with van der Waals surface area (Å²) in [5.41, 5.74) is 6.55. The second-order valence-electron chi connectivity index (χ2n) is 4.75. The number of rotatable bonds is 3. The maximum absolute atomic E-state index is 10.1. The monoisotopic (exact) mass is 311 g/mol. The van der Waals surface area contributed by atoms with Crippen molar-refractivity contribution in [1.82, 2.24) is 19.5 Å². The first-order valence-corrected chi connectivity index (χ1v) is 6.67. The molecule has 1 fully saturated rings. The SMILES string of the molecule is C=CC1C(O)[C@@H](CO)O[C@H]1n1cnc2c(N)nc(Cl)nc21. The van der Waals surface area contributed by atoms with Crippen LogP contribution in [0.2, 0.25) is 5.28 Å². The standard InChI is InChI=1S/C12H14ClN5O3/c1-2-5-8(20)6(3-19)21-11(5)18-4-15-7-9(14)16-12(13)17-10(7)18/h2,4-6,8,11,19-20H,1,3H2,(H2,14,16,17)/t5?,6-,8?,11-/m1/s1. The quantitative estimate of drug-likeness (QED) is 0.544. The summed E-state index contributed by atoms with van der Waals surface area (Å²) in [5, 5.41) is 19.4. The van der Waals surface area contributed by atoms with Crippen molar-refractivity contribution < 1.29 is 14.9 Å². The van der Waals surface area contributed by atoms with Gasteiger partial charge >= 0.3 is 0 Å². The predicted molar refractivity (Wildman–Crippen MR) is 75.4 cm³/mol. The Hall–Kier alpha value is -1.74. The van der Waals surface area contributed by atoms with E-state index >= 15 is 0 Å². The van der Waals surface area contributed by atoms with Crippen molar-refractivity contribution in [3.63, 3.8) is 0 Å². The van der Waals surface area contributed by atoms with E-state index in [1.165, 1.54) is 6.33 Å². The van der Waals surface area contributed by atoms with Crippen LogP contribution in [0.25, 0.3) is 11.2 Å². The largest absolute Gasteiger partial charge is 0.394 e. The third kappa shape index (κ3) is 2.16. The lowest BCUT2D eigenvalue weighted by molar-refractivity contribution is -0.0442. The number of imidazole rings is 1. The van der Waals surface area contributed by atoms with Crippen molar-refractivity contribution in [3.8, 4) is 0 Å². The maximum atomic E-state index is 10.1. The molecule has 3 heterocycles. The van der Waals surface area contributed by atoms with Crippen molar-refractivity contribution in [2.24, 2.45) is 5.92 Å². The van der Waals surface area contributed by atoms with Crippen LogP contribution in [0, 0.1) is 5.92 Å². The minimum atomic E-state index is -0.871. The summed E-state index contributed by atoms with van der Waals surface area (Å²) in [5.74, 6) is -0.259. The lowest BCUT2D eigenvalue weighted by Crippen LogP contribution is -2.28. The van der Waals surface area contributed by atoms with Crippen LogP contribution in [-0.4, -0.2) is 48.5 Å². The highest BCUT2D eigenvalue weighted by atomic mass is 35.5. The van der Waals surface area contributed by atoms with Gasteiger partial charge in [-0.1, -0.05) is 6.08 Å². The van der Waals surface area contributed by atoms with Crippen molar-refractivity contribution in [3.05, 3.63) is 24.3 Å². The summed E-state index contributed by atoms with van der Waals surface area (Å²) in [6.45, 7) is 3.40. The van der Waals surface area contributed by atoms with Gasteiger partial charge in [-0.05, 0) is 11.6 Å². The van der Waals surface area contributed by atoms with Crippen LogP contribution in [0.3, 0.4) is 0 Å². The van der Waals surface area contributed by atoms with Crippen molar-refractivity contribution >= 4 is 28.6 Å². The number of aliphatic hydroxyl groups excluding tert-OH is 2. The summed E-state index contributed by atoms with van der Waals surface area (Å²) < 4.78 is 7.27. The molecule has 2 aromatic heterocycles. The fourth-order valence-electron chi connectivity index (χ4n) is 2.52. The van der Waals surface area contributed by atoms with E-state index in [0.717, 1.165) is 0 Å². The average Bonchev–Trinajstić information content (AvgIpc) is 2.99. The molecule has 2 aromatic rings. The van der Waals surface area contributed by atoms with Gasteiger partial charge < -0.3 is 20.7 Å². The molecule has 1 aliphatic rings. The summed E-state index contributed by atoms with van der Waals surface area (Å²) in [6, 6.07) is 0. The number of ether oxygens (including phenoxy) is 1. The molecule has 2 unspecified atom stereocenters. The number of aliphatic hydroxyl groups is 2. The molecule has 0 radical (unpaired) electrons. The average molecular weight is 312 g/mol. The highest BCUT2D eigenvalue weighted by Gasteiger charge is 2.43. The molecule has 9 heteroatoms. The van der Waals surface area contributed by atoms with E-state index in [9.17, 15) is 10.2 Å². The Balaban J connectivity index is 2.10. The molecular weight excluding hydrogens is 298 g/mol. The van der Waals surface area contributed by atoms with E-state index < -0.39 is 24.4 Å². The first kappa shape index (κ1) is 14.2. The number of nitrogens with two attached hydrogens (primary N) is 1. The van der Waals surface area contributed by atoms with Crippen LogP contribution in [0.15, 0.2) is 19.0 Å². The molecule has 0 spiro atoms. The van der Waals surface area contributed by atoms with Gasteiger partial charge in [-0.2, -0.15) is 9.97 Å². The molecule has 4 atom stereocenters. The van der Waals surface area contributed by atoms with Crippen LogP contribution in [0.5, 0.6) is 0 Å². The van der Waals surface area contributed by atoms with E-state index in [2.05, 4.69) is 21.5 Å². The van der Waals surface area contributed by atoms with Crippen LogP contribution >= 0.6 is 11.6 Å². The molecule has 1 saturated heterocycles. The lowest BCUT2D eigenvalue weighted by atomic mass is 10.00. The van der Waals surface area contributed by atoms with Gasteiger partial charge in [-0.15, -0.1) is 6.58 Å². The zero-order valence-electron chi connectivity index (χ0n) is 10.9. The van der Waals surface area contributed by atoms with Crippen molar-refractivity contribution in [2.45, 2.75) is 18.4 Å². The third-order valence-electron chi connectivity index (χ3n) is 3.57. The molecule has 0 bridgehead atoms. The normalized spacial score (nSPS) is 29.1. The highest BCUT2D eigenvalue weighted by Crippen LogP contribution is 2.37. The second kappa shape index (κ2) is 5.23. The molecule has 112 valence electrons. The van der Waals surface area contributed by atoms with Crippen LogP contribution in [-0.2, 0) is 4.74 Å². The number of aromatic nitrogens is 4. The van der Waals surface area contributed by atoms with E-state index in [-0.39, 0.29) is 17.7 Å². The summed E-state index contributed by atoms with van der Waals surface area (Å²) in [4.78, 5) is 12.1. The molecular formula is C12H14ClN5O3. The fourth-order valence-corrected chi connectivity index (χ4v) is 2.69. The summed E-state index contributed by atoms with van der Waals surface area (Å²) >= 11 is 5.82. The molecule has 3 rings (SSSR count). The smallest absolute Gasteiger partial charge is 0.226 e. The first-order valence-electron chi connectivity index (χ1n) is 6.29. The highest BCUT2D eigenvalue weighted by molar-refractivity contribution is 6.28. The molecule has 1 aliphatic heterocycles. The van der Waals surface area contributed by atoms with Crippen LogP contribution < -0.4 is 5.73 Å². The van der Waals surface area contributed by atoms with Gasteiger partial charge in [0, 0.05) is 0 Å². The molecule has 0 aromatic carbocycles. The van der Waals surface area contributed by atoms with Crippen molar-refractivity contribution in [1.29, 1.82) is 0 Å². The Bertz CT molecular complexity index is 691. The minimum absolute atomic E-state index is 0.00541. The predicted octanol–water partition coefficient (Wildman–Crippen LogP) is 0.115. The maximum Gasteiger partial charge on any atom is 0.226 e. The number of hydrogen-bond acceptors (Lipinski definition) is 7. The molecule has 0 amide bonds. The Kier molecular flexibility index (Phi) is 3.54. The molecule has 4 N–H and O–H groups in total. The number of nitrogens with zero attached hydrogens (tertiary/aromatic N) is 4. The Morgan fingerprint density at radius 2 is 2.29 bits per heavy atom. The third-order valence-corrected chi connectivity index (χ3v) is 3.74. The second-order valence-corrected chi connectivity index (χ2v) is 5.09. The van der Waals surface area contributed by atoms with E-state index in [1.54, 1.807) is 10.6 Å². The zero-order valence-corrected chi connectivity index (χ0v) is 11.7. The van der Waals surface area contributed by atoms with Gasteiger partial charge in [0.15, 0.2) is 11.5 Å². The van der Waals surface area contributed by atoms with E-state index in [0.29, 0.717) is 11.2 Å². The summed E-state index contributed by atoms with van der Waals surface area (Å²) in [7, 11) is 0. The first-order chi connectivity index (χ1) is 10.1. The van der Waals surface area contributed by atoms with E-state index in [1.807, 2.05) is 0 Å². The van der Waals surface area contributed by atoms with Gasteiger partial charge in [0.2, 0.25) is 5.28 Å². The van der Waals surface area contributed by atoms with Gasteiger partial charge in [-0.3, -0.25) is 4.57 Å². The van der Waals surface area contributed by atoms with E-state index in [4.69, 9.17) is 22.1 Å². The Morgan fingerprint density at radius 3 is 2.95 bits per heavy atom. The van der Waals surface area contributed by atoms with Gasteiger partial charge in [0.05, 0.1) is 25.0 Å². The Labute approximate surface area is 124 Å². The minimum Gasteiger partial charge on any atom is -0.394 e.